The Labute approximate surface area is 179 Å². The van der Waals surface area contributed by atoms with Gasteiger partial charge in [-0.2, -0.15) is 0 Å². The lowest BCUT2D eigenvalue weighted by atomic mass is 9.65. The van der Waals surface area contributed by atoms with Crippen molar-refractivity contribution in [1.82, 2.24) is 9.55 Å². The molecule has 2 heterocycles. The Balaban J connectivity index is 1.59. The van der Waals surface area contributed by atoms with Crippen LogP contribution >= 0.6 is 11.6 Å². The van der Waals surface area contributed by atoms with E-state index >= 15 is 0 Å². The lowest BCUT2D eigenvalue weighted by molar-refractivity contribution is 0.0995. The highest BCUT2D eigenvalue weighted by Crippen LogP contribution is 2.60. The molecule has 3 saturated carbocycles. The van der Waals surface area contributed by atoms with Crippen LogP contribution in [0.4, 0.5) is 0 Å². The first kappa shape index (κ1) is 17.9. The molecule has 3 aromatic rings. The number of carbonyl (C=O) groups excluding carboxylic acids is 1. The van der Waals surface area contributed by atoms with Gasteiger partial charge in [0.05, 0.1) is 23.6 Å². The molecule has 3 aliphatic carbocycles. The number of benzene rings is 2. The van der Waals surface area contributed by atoms with Gasteiger partial charge in [0.25, 0.3) is 5.91 Å². The smallest absolute Gasteiger partial charge is 0.269 e. The SMILES string of the molecule is NC(=O)c1ncn2c1CN=C(c1ccccc1Cl)c1cc(C34CCC(C3)C4)ccc1-2. The van der Waals surface area contributed by atoms with Crippen LogP contribution in [0.25, 0.3) is 5.69 Å². The van der Waals surface area contributed by atoms with Gasteiger partial charge in [-0.15, -0.1) is 0 Å². The first-order chi connectivity index (χ1) is 14.6. The zero-order valence-corrected chi connectivity index (χ0v) is 17.2. The fourth-order valence-corrected chi connectivity index (χ4v) is 5.87. The molecule has 0 atom stereocenters. The third-order valence-corrected chi connectivity index (χ3v) is 7.46. The maximum atomic E-state index is 11.9. The Morgan fingerprint density at radius 3 is 2.73 bits per heavy atom. The molecule has 1 amide bonds. The summed E-state index contributed by atoms with van der Waals surface area (Å²) in [6.45, 7) is 0.316. The van der Waals surface area contributed by atoms with Crippen molar-refractivity contribution in [3.8, 4) is 5.69 Å². The molecule has 2 aromatic carbocycles. The summed E-state index contributed by atoms with van der Waals surface area (Å²) < 4.78 is 1.95. The van der Waals surface area contributed by atoms with Crippen LogP contribution in [0.3, 0.4) is 0 Å². The minimum absolute atomic E-state index is 0.269. The van der Waals surface area contributed by atoms with Crippen LogP contribution in [0.2, 0.25) is 5.02 Å². The van der Waals surface area contributed by atoms with Crippen LogP contribution in [-0.4, -0.2) is 21.2 Å². The molecular weight excluding hydrogens is 396 g/mol. The van der Waals surface area contributed by atoms with Crippen molar-refractivity contribution in [2.45, 2.75) is 37.6 Å². The van der Waals surface area contributed by atoms with Crippen molar-refractivity contribution < 1.29 is 4.79 Å². The van der Waals surface area contributed by atoms with E-state index in [1.807, 2.05) is 28.8 Å². The Bertz CT molecular complexity index is 1230. The standard InChI is InChI=1S/C24H21ClN4O/c25-18-4-2-1-3-16(18)21-17-9-15(24-8-7-14(10-24)11-24)5-6-19(17)29-13-28-22(23(26)30)20(29)12-27-21/h1-6,9,13-14H,7-8,10-12H2,(H2,26,30). The zero-order chi connectivity index (χ0) is 20.5. The molecule has 3 fully saturated rings. The fourth-order valence-electron chi connectivity index (χ4n) is 5.64. The van der Waals surface area contributed by atoms with Gasteiger partial charge < -0.3 is 5.73 Å². The number of nitrogens with two attached hydrogens (primary N) is 1. The van der Waals surface area contributed by atoms with Crippen molar-refractivity contribution in [3.63, 3.8) is 0 Å². The maximum Gasteiger partial charge on any atom is 0.269 e. The van der Waals surface area contributed by atoms with E-state index in [0.717, 1.165) is 28.4 Å². The molecule has 0 unspecified atom stereocenters. The van der Waals surface area contributed by atoms with E-state index in [1.54, 1.807) is 6.33 Å². The van der Waals surface area contributed by atoms with Gasteiger partial charge in [-0.1, -0.05) is 35.9 Å². The van der Waals surface area contributed by atoms with E-state index < -0.39 is 5.91 Å². The molecule has 2 N–H and O–H groups in total. The van der Waals surface area contributed by atoms with Gasteiger partial charge in [-0.3, -0.25) is 14.4 Å². The van der Waals surface area contributed by atoms with Crippen LogP contribution in [0.1, 0.15) is 58.6 Å². The van der Waals surface area contributed by atoms with Crippen LogP contribution in [0, 0.1) is 5.92 Å². The van der Waals surface area contributed by atoms with Crippen molar-refractivity contribution in [1.29, 1.82) is 0 Å². The summed E-state index contributed by atoms with van der Waals surface area (Å²) in [5.74, 6) is 0.350. The number of halogens is 1. The monoisotopic (exact) mass is 416 g/mol. The lowest BCUT2D eigenvalue weighted by Crippen LogP contribution is -2.32. The van der Waals surface area contributed by atoms with E-state index in [9.17, 15) is 4.79 Å². The lowest BCUT2D eigenvalue weighted by Gasteiger charge is -2.39. The highest BCUT2D eigenvalue weighted by atomic mass is 35.5. The summed E-state index contributed by atoms with van der Waals surface area (Å²) in [6.07, 6.45) is 6.83. The maximum absolute atomic E-state index is 11.9. The van der Waals surface area contributed by atoms with Crippen LogP contribution in [-0.2, 0) is 12.0 Å². The number of fused-ring (bicyclic) bond motifs is 4. The number of hydrogen-bond donors (Lipinski definition) is 1. The molecule has 1 aromatic heterocycles. The predicted octanol–water partition coefficient (Wildman–Crippen LogP) is 4.42. The molecule has 2 bridgehead atoms. The van der Waals surface area contributed by atoms with E-state index in [0.29, 0.717) is 22.7 Å². The molecule has 150 valence electrons. The third-order valence-electron chi connectivity index (χ3n) is 7.13. The van der Waals surface area contributed by atoms with Gasteiger partial charge in [0.1, 0.15) is 6.33 Å². The second-order valence-corrected chi connectivity index (χ2v) is 9.15. The Morgan fingerprint density at radius 2 is 2.00 bits per heavy atom. The van der Waals surface area contributed by atoms with Gasteiger partial charge >= 0.3 is 0 Å². The summed E-state index contributed by atoms with van der Waals surface area (Å²) in [6, 6.07) is 14.4. The predicted molar refractivity (Wildman–Crippen MR) is 117 cm³/mol. The van der Waals surface area contributed by atoms with Crippen LogP contribution in [0.5, 0.6) is 0 Å². The molecule has 6 heteroatoms. The molecule has 5 nitrogen and oxygen atoms in total. The van der Waals surface area contributed by atoms with Crippen molar-refractivity contribution in [2.24, 2.45) is 16.6 Å². The van der Waals surface area contributed by atoms with Crippen molar-refractivity contribution >= 4 is 23.2 Å². The number of imidazole rings is 1. The van der Waals surface area contributed by atoms with Gasteiger partial charge in [0.2, 0.25) is 0 Å². The molecule has 0 spiro atoms. The molecule has 1 aliphatic heterocycles. The number of hydrogen-bond acceptors (Lipinski definition) is 3. The summed E-state index contributed by atoms with van der Waals surface area (Å²) in [5, 5.41) is 0.662. The third kappa shape index (κ3) is 2.45. The van der Waals surface area contributed by atoms with E-state index in [2.05, 4.69) is 23.2 Å². The van der Waals surface area contributed by atoms with E-state index in [1.165, 1.54) is 31.2 Å². The number of amides is 1. The molecule has 4 aliphatic rings. The molecule has 0 saturated heterocycles. The van der Waals surface area contributed by atoms with Crippen molar-refractivity contribution in [3.05, 3.63) is 81.9 Å². The van der Waals surface area contributed by atoms with Crippen LogP contribution < -0.4 is 5.73 Å². The van der Waals surface area contributed by atoms with E-state index in [-0.39, 0.29) is 5.69 Å². The first-order valence-electron chi connectivity index (χ1n) is 10.4. The Hall–Kier alpha value is -2.92. The fraction of sp³-hybridized carbons (Fsp3) is 0.292. The number of carbonyl (C=O) groups is 1. The molecular formula is C24H21ClN4O. The Kier molecular flexibility index (Phi) is 3.75. The minimum atomic E-state index is -0.538. The summed E-state index contributed by atoms with van der Waals surface area (Å²) in [4.78, 5) is 21.1. The average molecular weight is 417 g/mol. The zero-order valence-electron chi connectivity index (χ0n) is 16.4. The summed E-state index contributed by atoms with van der Waals surface area (Å²) in [7, 11) is 0. The second kappa shape index (κ2) is 6.29. The molecule has 0 radical (unpaired) electrons. The summed E-state index contributed by atoms with van der Waals surface area (Å²) in [5.41, 5.74) is 12.0. The molecule has 7 rings (SSSR count). The second-order valence-electron chi connectivity index (χ2n) is 8.74. The van der Waals surface area contributed by atoms with Gasteiger partial charge in [0, 0.05) is 16.1 Å². The number of aromatic nitrogens is 2. The summed E-state index contributed by atoms with van der Waals surface area (Å²) >= 11 is 6.57. The minimum Gasteiger partial charge on any atom is -0.364 e. The number of rotatable bonds is 3. The first-order valence-corrected chi connectivity index (χ1v) is 10.7. The quantitative estimate of drug-likeness (QED) is 0.686. The van der Waals surface area contributed by atoms with Crippen molar-refractivity contribution in [2.75, 3.05) is 0 Å². The van der Waals surface area contributed by atoms with Crippen LogP contribution in [0.15, 0.2) is 53.8 Å². The van der Waals surface area contributed by atoms with Gasteiger partial charge in [-0.25, -0.2) is 4.98 Å². The van der Waals surface area contributed by atoms with E-state index in [4.69, 9.17) is 22.3 Å². The number of nitrogens with zero attached hydrogens (tertiary/aromatic N) is 3. The average Bonchev–Trinajstić information content (AvgIpc) is 3.41. The topological polar surface area (TPSA) is 73.3 Å². The highest BCUT2D eigenvalue weighted by molar-refractivity contribution is 6.35. The van der Waals surface area contributed by atoms with Gasteiger partial charge in [-0.05, 0) is 60.8 Å². The number of aliphatic imine (C=N–C) groups is 1. The largest absolute Gasteiger partial charge is 0.364 e. The number of primary amides is 1. The normalized spacial score (nSPS) is 23.8. The molecule has 30 heavy (non-hydrogen) atoms. The van der Waals surface area contributed by atoms with Gasteiger partial charge in [0.15, 0.2) is 5.69 Å². The highest BCUT2D eigenvalue weighted by Gasteiger charge is 2.51. The Morgan fingerprint density at radius 1 is 1.17 bits per heavy atom.